The van der Waals surface area contributed by atoms with Crippen LogP contribution in [0.25, 0.3) is 0 Å². The van der Waals surface area contributed by atoms with Crippen LogP contribution < -0.4 is 0 Å². The van der Waals surface area contributed by atoms with Crippen LogP contribution in [0.3, 0.4) is 0 Å². The van der Waals surface area contributed by atoms with Crippen LogP contribution >= 0.6 is 0 Å². The molecule has 16 heavy (non-hydrogen) atoms. The molecule has 0 aliphatic rings. The molecule has 3 heteroatoms. The summed E-state index contributed by atoms with van der Waals surface area (Å²) in [5.41, 5.74) is 5.32. The van der Waals surface area contributed by atoms with Gasteiger partial charge in [0.05, 0.1) is 12.3 Å². The highest BCUT2D eigenvalue weighted by atomic mass is 16.3. The number of hydrogen-bond acceptors (Lipinski definition) is 2. The SMILES string of the molecule is Cc1ccccc1Cc1n[nH]c(C)c1CO. The Balaban J connectivity index is 2.31. The summed E-state index contributed by atoms with van der Waals surface area (Å²) in [5.74, 6) is 0. The molecule has 2 aromatic rings. The van der Waals surface area contributed by atoms with Crippen molar-refractivity contribution in [2.45, 2.75) is 26.9 Å². The van der Waals surface area contributed by atoms with E-state index in [4.69, 9.17) is 0 Å². The lowest BCUT2D eigenvalue weighted by Gasteiger charge is -2.04. The Kier molecular flexibility index (Phi) is 3.06. The van der Waals surface area contributed by atoms with Crippen LogP contribution in [-0.4, -0.2) is 15.3 Å². The third kappa shape index (κ3) is 1.99. The van der Waals surface area contributed by atoms with E-state index < -0.39 is 0 Å². The van der Waals surface area contributed by atoms with Crippen LogP contribution in [-0.2, 0) is 13.0 Å². The third-order valence-corrected chi connectivity index (χ3v) is 2.94. The lowest BCUT2D eigenvalue weighted by Crippen LogP contribution is -1.96. The predicted octanol–water partition coefficient (Wildman–Crippen LogP) is 2.11. The second-order valence-electron chi connectivity index (χ2n) is 4.04. The minimum absolute atomic E-state index is 0.0452. The van der Waals surface area contributed by atoms with Gasteiger partial charge in [-0.2, -0.15) is 5.10 Å². The predicted molar refractivity (Wildman–Crippen MR) is 63.2 cm³/mol. The molecule has 0 amide bonds. The summed E-state index contributed by atoms with van der Waals surface area (Å²) in [5, 5.41) is 16.4. The molecule has 3 nitrogen and oxygen atoms in total. The number of H-pyrrole nitrogens is 1. The van der Waals surface area contributed by atoms with Gasteiger partial charge in [0.15, 0.2) is 0 Å². The number of aliphatic hydroxyl groups excluding tert-OH is 1. The zero-order valence-electron chi connectivity index (χ0n) is 9.62. The Morgan fingerprint density at radius 3 is 2.69 bits per heavy atom. The zero-order valence-corrected chi connectivity index (χ0v) is 9.62. The van der Waals surface area contributed by atoms with Gasteiger partial charge in [0, 0.05) is 17.7 Å². The Morgan fingerprint density at radius 2 is 2.00 bits per heavy atom. The van der Waals surface area contributed by atoms with Crippen molar-refractivity contribution in [2.75, 3.05) is 0 Å². The summed E-state index contributed by atoms with van der Waals surface area (Å²) in [6.07, 6.45) is 0.771. The molecule has 2 N–H and O–H groups in total. The standard InChI is InChI=1S/C13H16N2O/c1-9-5-3-4-6-11(9)7-13-12(8-16)10(2)14-15-13/h3-6,16H,7-8H2,1-2H3,(H,14,15). The molecular formula is C13H16N2O. The number of aliphatic hydroxyl groups is 1. The molecule has 0 radical (unpaired) electrons. The molecular weight excluding hydrogens is 200 g/mol. The van der Waals surface area contributed by atoms with Crippen LogP contribution in [0.2, 0.25) is 0 Å². The normalized spacial score (nSPS) is 10.7. The van der Waals surface area contributed by atoms with Gasteiger partial charge < -0.3 is 5.11 Å². The van der Waals surface area contributed by atoms with Gasteiger partial charge in [-0.25, -0.2) is 0 Å². The maximum atomic E-state index is 9.28. The van der Waals surface area contributed by atoms with Crippen LogP contribution in [0, 0.1) is 13.8 Å². The largest absolute Gasteiger partial charge is 0.392 e. The van der Waals surface area contributed by atoms with Gasteiger partial charge in [0.25, 0.3) is 0 Å². The number of aromatic amines is 1. The molecule has 0 bridgehead atoms. The topological polar surface area (TPSA) is 48.9 Å². The molecule has 0 saturated carbocycles. The van der Waals surface area contributed by atoms with Gasteiger partial charge in [-0.15, -0.1) is 0 Å². The Bertz CT molecular complexity index is 488. The van der Waals surface area contributed by atoms with Crippen LogP contribution in [0.5, 0.6) is 0 Å². The van der Waals surface area contributed by atoms with E-state index in [0.29, 0.717) is 0 Å². The molecule has 0 fully saturated rings. The van der Waals surface area contributed by atoms with Crippen molar-refractivity contribution in [3.63, 3.8) is 0 Å². The summed E-state index contributed by atoms with van der Waals surface area (Å²) < 4.78 is 0. The van der Waals surface area contributed by atoms with Crippen molar-refractivity contribution in [3.05, 3.63) is 52.3 Å². The highest BCUT2D eigenvalue weighted by Crippen LogP contribution is 2.17. The molecule has 84 valence electrons. The lowest BCUT2D eigenvalue weighted by atomic mass is 10.0. The molecule has 0 spiro atoms. The van der Waals surface area contributed by atoms with Gasteiger partial charge in [0.1, 0.15) is 0 Å². The number of benzene rings is 1. The number of aromatic nitrogens is 2. The monoisotopic (exact) mass is 216 g/mol. The lowest BCUT2D eigenvalue weighted by molar-refractivity contribution is 0.280. The second-order valence-corrected chi connectivity index (χ2v) is 4.04. The second kappa shape index (κ2) is 4.49. The van der Waals surface area contributed by atoms with E-state index in [1.54, 1.807) is 0 Å². The van der Waals surface area contributed by atoms with E-state index in [1.807, 2.05) is 19.1 Å². The molecule has 0 saturated heterocycles. The minimum Gasteiger partial charge on any atom is -0.392 e. The summed E-state index contributed by atoms with van der Waals surface area (Å²) in [6.45, 7) is 4.07. The number of aryl methyl sites for hydroxylation is 2. The fraction of sp³-hybridized carbons (Fsp3) is 0.308. The van der Waals surface area contributed by atoms with E-state index in [9.17, 15) is 5.11 Å². The number of rotatable bonds is 3. The summed E-state index contributed by atoms with van der Waals surface area (Å²) in [7, 11) is 0. The maximum absolute atomic E-state index is 9.28. The van der Waals surface area contributed by atoms with Crippen molar-refractivity contribution < 1.29 is 5.11 Å². The number of nitrogens with one attached hydrogen (secondary N) is 1. The van der Waals surface area contributed by atoms with E-state index in [0.717, 1.165) is 23.4 Å². The molecule has 2 rings (SSSR count). The van der Waals surface area contributed by atoms with Gasteiger partial charge in [-0.1, -0.05) is 24.3 Å². The zero-order chi connectivity index (χ0) is 11.5. The smallest absolute Gasteiger partial charge is 0.0723 e. The molecule has 1 aromatic carbocycles. The van der Waals surface area contributed by atoms with Gasteiger partial charge in [0.2, 0.25) is 0 Å². The maximum Gasteiger partial charge on any atom is 0.0723 e. The van der Waals surface area contributed by atoms with E-state index in [1.165, 1.54) is 11.1 Å². The highest BCUT2D eigenvalue weighted by molar-refractivity contribution is 5.33. The average molecular weight is 216 g/mol. The first-order chi connectivity index (χ1) is 7.72. The van der Waals surface area contributed by atoms with Gasteiger partial charge >= 0.3 is 0 Å². The molecule has 0 atom stereocenters. The van der Waals surface area contributed by atoms with Crippen molar-refractivity contribution >= 4 is 0 Å². The highest BCUT2D eigenvalue weighted by Gasteiger charge is 2.10. The first-order valence-electron chi connectivity index (χ1n) is 5.40. The Morgan fingerprint density at radius 1 is 1.25 bits per heavy atom. The molecule has 0 aliphatic heterocycles. The van der Waals surface area contributed by atoms with Crippen molar-refractivity contribution in [3.8, 4) is 0 Å². The van der Waals surface area contributed by atoms with Crippen LogP contribution in [0.4, 0.5) is 0 Å². The van der Waals surface area contributed by atoms with E-state index >= 15 is 0 Å². The Hall–Kier alpha value is -1.61. The first-order valence-corrected chi connectivity index (χ1v) is 5.40. The molecule has 1 heterocycles. The van der Waals surface area contributed by atoms with Gasteiger partial charge in [-0.05, 0) is 25.0 Å². The van der Waals surface area contributed by atoms with Crippen LogP contribution in [0.15, 0.2) is 24.3 Å². The quantitative estimate of drug-likeness (QED) is 0.825. The van der Waals surface area contributed by atoms with Crippen molar-refractivity contribution in [1.29, 1.82) is 0 Å². The van der Waals surface area contributed by atoms with Crippen LogP contribution in [0.1, 0.15) is 28.1 Å². The first kappa shape index (κ1) is 10.9. The number of nitrogens with zero attached hydrogens (tertiary/aromatic N) is 1. The molecule has 0 unspecified atom stereocenters. The summed E-state index contributed by atoms with van der Waals surface area (Å²) in [6, 6.07) is 8.25. The summed E-state index contributed by atoms with van der Waals surface area (Å²) >= 11 is 0. The summed E-state index contributed by atoms with van der Waals surface area (Å²) in [4.78, 5) is 0. The van der Waals surface area contributed by atoms with Crippen molar-refractivity contribution in [2.24, 2.45) is 0 Å². The molecule has 1 aromatic heterocycles. The van der Waals surface area contributed by atoms with Gasteiger partial charge in [-0.3, -0.25) is 5.10 Å². The average Bonchev–Trinajstić information content (AvgIpc) is 2.63. The minimum atomic E-state index is 0.0452. The fourth-order valence-electron chi connectivity index (χ4n) is 1.85. The van der Waals surface area contributed by atoms with E-state index in [-0.39, 0.29) is 6.61 Å². The third-order valence-electron chi connectivity index (χ3n) is 2.94. The fourth-order valence-corrected chi connectivity index (χ4v) is 1.85. The number of hydrogen-bond donors (Lipinski definition) is 2. The van der Waals surface area contributed by atoms with E-state index in [2.05, 4.69) is 29.3 Å². The Labute approximate surface area is 95.1 Å². The van der Waals surface area contributed by atoms with Crippen molar-refractivity contribution in [1.82, 2.24) is 10.2 Å². The molecule has 0 aliphatic carbocycles.